The summed E-state index contributed by atoms with van der Waals surface area (Å²) >= 11 is 12.5. The summed E-state index contributed by atoms with van der Waals surface area (Å²) in [7, 11) is 0. The molecule has 24 heavy (non-hydrogen) atoms. The molecule has 3 N–H and O–H groups in total. The molecule has 0 unspecified atom stereocenters. The molecule has 0 saturated carbocycles. The zero-order chi connectivity index (χ0) is 17.5. The molecule has 0 saturated heterocycles. The Bertz CT molecular complexity index is 752. The Morgan fingerprint density at radius 2 is 1.96 bits per heavy atom. The Morgan fingerprint density at radius 1 is 1.17 bits per heavy atom. The molecule has 0 fully saturated rings. The van der Waals surface area contributed by atoms with Gasteiger partial charge in [0.25, 0.3) is 0 Å². The number of hydrazine groups is 1. The molecule has 2 rings (SSSR count). The lowest BCUT2D eigenvalue weighted by molar-refractivity contribution is -0.119. The van der Waals surface area contributed by atoms with Gasteiger partial charge in [0.15, 0.2) is 5.11 Å². The molecule has 2 aromatic carbocycles. The summed E-state index contributed by atoms with van der Waals surface area (Å²) in [6, 6.07) is 13.3. The highest BCUT2D eigenvalue weighted by molar-refractivity contribution is 8.00. The molecule has 0 radical (unpaired) electrons. The number of halogens is 1. The molecule has 7 heteroatoms. The van der Waals surface area contributed by atoms with Gasteiger partial charge in [-0.2, -0.15) is 0 Å². The molecule has 2 aromatic rings. The number of aryl methyl sites for hydroxylation is 2. The number of rotatable bonds is 4. The fourth-order valence-corrected chi connectivity index (χ4v) is 3.16. The first-order chi connectivity index (χ1) is 11.4. The minimum Gasteiger partial charge on any atom is -0.331 e. The van der Waals surface area contributed by atoms with E-state index in [-0.39, 0.29) is 5.91 Å². The van der Waals surface area contributed by atoms with Gasteiger partial charge >= 0.3 is 0 Å². The van der Waals surface area contributed by atoms with E-state index < -0.39 is 0 Å². The summed E-state index contributed by atoms with van der Waals surface area (Å²) in [5.41, 5.74) is 8.37. The van der Waals surface area contributed by atoms with Crippen LogP contribution in [0.1, 0.15) is 11.1 Å². The van der Waals surface area contributed by atoms with Gasteiger partial charge in [-0.1, -0.05) is 35.4 Å². The van der Waals surface area contributed by atoms with Crippen LogP contribution in [0.4, 0.5) is 5.69 Å². The summed E-state index contributed by atoms with van der Waals surface area (Å²) in [5.74, 6) is 0.145. The van der Waals surface area contributed by atoms with Gasteiger partial charge in [-0.3, -0.25) is 15.6 Å². The van der Waals surface area contributed by atoms with Crippen LogP contribution in [-0.4, -0.2) is 16.8 Å². The van der Waals surface area contributed by atoms with E-state index in [1.54, 1.807) is 12.1 Å². The van der Waals surface area contributed by atoms with Gasteiger partial charge in [0, 0.05) is 15.6 Å². The molecular formula is C17H18ClN3OS2. The molecule has 0 aliphatic carbocycles. The number of hydrogen-bond donors (Lipinski definition) is 3. The monoisotopic (exact) mass is 379 g/mol. The lowest BCUT2D eigenvalue weighted by Gasteiger charge is -2.12. The molecule has 0 bridgehead atoms. The van der Waals surface area contributed by atoms with E-state index in [9.17, 15) is 4.79 Å². The minimum absolute atomic E-state index is 0.157. The topological polar surface area (TPSA) is 53.2 Å². The van der Waals surface area contributed by atoms with Crippen LogP contribution in [0.15, 0.2) is 47.4 Å². The van der Waals surface area contributed by atoms with Crippen LogP contribution in [-0.2, 0) is 4.79 Å². The second-order valence-corrected chi connectivity index (χ2v) is 7.06. The van der Waals surface area contributed by atoms with E-state index in [1.165, 1.54) is 22.9 Å². The van der Waals surface area contributed by atoms with Crippen molar-refractivity contribution in [1.29, 1.82) is 0 Å². The van der Waals surface area contributed by atoms with Crippen molar-refractivity contribution in [1.82, 2.24) is 10.9 Å². The predicted molar refractivity (Wildman–Crippen MR) is 106 cm³/mol. The number of nitrogens with one attached hydrogen (secondary N) is 3. The maximum Gasteiger partial charge on any atom is 0.248 e. The molecule has 0 atom stereocenters. The zero-order valence-corrected chi connectivity index (χ0v) is 15.7. The first-order valence-electron chi connectivity index (χ1n) is 7.25. The van der Waals surface area contributed by atoms with Crippen LogP contribution in [0.2, 0.25) is 5.02 Å². The SMILES string of the molecule is Cc1ccc(SCC(=O)NNC(=S)Nc2cccc(Cl)c2)c(C)c1. The van der Waals surface area contributed by atoms with E-state index in [4.69, 9.17) is 23.8 Å². The van der Waals surface area contributed by atoms with E-state index in [1.807, 2.05) is 38.1 Å². The Labute approximate surface area is 156 Å². The van der Waals surface area contributed by atoms with Gasteiger partial charge in [-0.25, -0.2) is 0 Å². The molecule has 0 aliphatic rings. The van der Waals surface area contributed by atoms with E-state index in [2.05, 4.69) is 22.2 Å². The number of anilines is 1. The van der Waals surface area contributed by atoms with E-state index in [0.717, 1.165) is 10.6 Å². The third-order valence-corrected chi connectivity index (χ3v) is 4.70. The molecule has 0 aromatic heterocycles. The second-order valence-electron chi connectivity index (χ2n) is 5.20. The second kappa shape index (κ2) is 8.92. The quantitative estimate of drug-likeness (QED) is 0.425. The Hall–Kier alpha value is -1.76. The number of carbonyl (C=O) groups is 1. The zero-order valence-electron chi connectivity index (χ0n) is 13.4. The standard InChI is InChI=1S/C17H18ClN3OS2/c1-11-6-7-15(12(2)8-11)24-10-16(22)20-21-17(23)19-14-5-3-4-13(18)9-14/h3-9H,10H2,1-2H3,(H,20,22)(H2,19,21,23). The summed E-state index contributed by atoms with van der Waals surface area (Å²) in [6.07, 6.45) is 0. The molecule has 0 aliphatic heterocycles. The van der Waals surface area contributed by atoms with Crippen molar-refractivity contribution < 1.29 is 4.79 Å². The highest BCUT2D eigenvalue weighted by atomic mass is 35.5. The number of thioether (sulfide) groups is 1. The van der Waals surface area contributed by atoms with Crippen molar-refractivity contribution in [2.24, 2.45) is 0 Å². The number of thiocarbonyl (C=S) groups is 1. The first kappa shape index (κ1) is 18.6. The van der Waals surface area contributed by atoms with E-state index in [0.29, 0.717) is 15.9 Å². The van der Waals surface area contributed by atoms with Crippen LogP contribution in [0, 0.1) is 13.8 Å². The highest BCUT2D eigenvalue weighted by Gasteiger charge is 2.06. The van der Waals surface area contributed by atoms with Gasteiger partial charge in [0.1, 0.15) is 0 Å². The van der Waals surface area contributed by atoms with Crippen molar-refractivity contribution in [3.63, 3.8) is 0 Å². The van der Waals surface area contributed by atoms with Crippen molar-refractivity contribution in [3.05, 3.63) is 58.6 Å². The van der Waals surface area contributed by atoms with E-state index >= 15 is 0 Å². The molecule has 4 nitrogen and oxygen atoms in total. The smallest absolute Gasteiger partial charge is 0.248 e. The number of amides is 1. The number of hydrogen-bond acceptors (Lipinski definition) is 3. The summed E-state index contributed by atoms with van der Waals surface area (Å²) in [6.45, 7) is 4.08. The maximum absolute atomic E-state index is 11.9. The van der Waals surface area contributed by atoms with Crippen LogP contribution in [0.5, 0.6) is 0 Å². The third-order valence-electron chi connectivity index (χ3n) is 3.09. The Kier molecular flexibility index (Phi) is 6.90. The predicted octanol–water partition coefficient (Wildman–Crippen LogP) is 4.07. The number of carbonyl (C=O) groups excluding carboxylic acids is 1. The van der Waals surface area contributed by atoms with Crippen molar-refractivity contribution in [2.75, 3.05) is 11.1 Å². The third kappa shape index (κ3) is 6.03. The summed E-state index contributed by atoms with van der Waals surface area (Å²) in [4.78, 5) is 13.0. The van der Waals surface area contributed by atoms with Gasteiger partial charge in [-0.05, 0) is 55.9 Å². The molecule has 0 heterocycles. The van der Waals surface area contributed by atoms with Gasteiger partial charge < -0.3 is 5.32 Å². The van der Waals surface area contributed by atoms with Gasteiger partial charge in [0.05, 0.1) is 5.75 Å². The van der Waals surface area contributed by atoms with Crippen LogP contribution in [0.3, 0.4) is 0 Å². The maximum atomic E-state index is 11.9. The largest absolute Gasteiger partial charge is 0.331 e. The first-order valence-corrected chi connectivity index (χ1v) is 9.02. The lowest BCUT2D eigenvalue weighted by Crippen LogP contribution is -2.44. The average molecular weight is 380 g/mol. The van der Waals surface area contributed by atoms with Crippen LogP contribution in [0.25, 0.3) is 0 Å². The van der Waals surface area contributed by atoms with Crippen molar-refractivity contribution >= 4 is 52.3 Å². The molecule has 1 amide bonds. The average Bonchev–Trinajstić information content (AvgIpc) is 2.52. The van der Waals surface area contributed by atoms with Gasteiger partial charge in [-0.15, -0.1) is 11.8 Å². The van der Waals surface area contributed by atoms with Gasteiger partial charge in [0.2, 0.25) is 5.91 Å². The van der Waals surface area contributed by atoms with Crippen molar-refractivity contribution in [3.8, 4) is 0 Å². The van der Waals surface area contributed by atoms with Crippen LogP contribution >= 0.6 is 35.6 Å². The minimum atomic E-state index is -0.157. The molecular weight excluding hydrogens is 362 g/mol. The summed E-state index contributed by atoms with van der Waals surface area (Å²) < 4.78 is 0. The lowest BCUT2D eigenvalue weighted by atomic mass is 10.2. The van der Waals surface area contributed by atoms with Crippen LogP contribution < -0.4 is 16.2 Å². The Balaban J connectivity index is 1.75. The fourth-order valence-electron chi connectivity index (χ4n) is 2.00. The van der Waals surface area contributed by atoms with Crippen molar-refractivity contribution in [2.45, 2.75) is 18.7 Å². The molecule has 0 spiro atoms. The summed E-state index contributed by atoms with van der Waals surface area (Å²) in [5, 5.41) is 3.84. The Morgan fingerprint density at radius 3 is 2.67 bits per heavy atom. The number of benzene rings is 2. The fraction of sp³-hybridized carbons (Fsp3) is 0.176. The normalized spacial score (nSPS) is 10.1. The molecule has 126 valence electrons. The highest BCUT2D eigenvalue weighted by Crippen LogP contribution is 2.22.